The summed E-state index contributed by atoms with van der Waals surface area (Å²) in [5.41, 5.74) is 1.47. The molecule has 0 aromatic rings. The summed E-state index contributed by atoms with van der Waals surface area (Å²) in [4.78, 5) is 0. The largest absolute Gasteiger partial charge is 0.0991 e. The molecule has 56 valence electrons. The van der Waals surface area contributed by atoms with Crippen LogP contribution >= 0.6 is 0 Å². The normalized spacial score (nSPS) is 33.3. The van der Waals surface area contributed by atoms with Crippen molar-refractivity contribution in [2.24, 2.45) is 11.8 Å². The van der Waals surface area contributed by atoms with E-state index in [2.05, 4.69) is 30.9 Å². The van der Waals surface area contributed by atoms with E-state index in [1.54, 1.807) is 0 Å². The van der Waals surface area contributed by atoms with Gasteiger partial charge in [-0.05, 0) is 17.9 Å². The molecule has 0 N–H and O–H groups in total. The Morgan fingerprint density at radius 2 is 2.36 bits per heavy atom. The summed E-state index contributed by atoms with van der Waals surface area (Å²) in [7, 11) is 0. The van der Waals surface area contributed by atoms with E-state index in [0.717, 1.165) is 5.92 Å². The molecule has 0 aromatic carbocycles. The maximum atomic E-state index is 3.65. The van der Waals surface area contributed by atoms with Gasteiger partial charge in [0, 0.05) is 5.92 Å². The third-order valence-electron chi connectivity index (χ3n) is 2.38. The molecule has 2 aliphatic carbocycles. The van der Waals surface area contributed by atoms with Crippen LogP contribution in [0.15, 0.2) is 48.6 Å². The van der Waals surface area contributed by atoms with Gasteiger partial charge in [0.15, 0.2) is 0 Å². The second kappa shape index (κ2) is 2.54. The Kier molecular flexibility index (Phi) is 1.54. The van der Waals surface area contributed by atoms with E-state index in [-0.39, 0.29) is 0 Å². The molecule has 0 heterocycles. The highest BCUT2D eigenvalue weighted by atomic mass is 14.3. The molecule has 0 fully saturated rings. The Labute approximate surface area is 67.6 Å². The third-order valence-corrected chi connectivity index (χ3v) is 2.38. The van der Waals surface area contributed by atoms with Gasteiger partial charge in [-0.25, -0.2) is 0 Å². The van der Waals surface area contributed by atoms with Gasteiger partial charge in [0.05, 0.1) is 0 Å². The van der Waals surface area contributed by atoms with E-state index in [4.69, 9.17) is 0 Å². The highest BCUT2D eigenvalue weighted by molar-refractivity contribution is 5.37. The van der Waals surface area contributed by atoms with Crippen LogP contribution in [-0.4, -0.2) is 0 Å². The Bertz CT molecular complexity index is 253. The van der Waals surface area contributed by atoms with Crippen molar-refractivity contribution in [3.8, 4) is 0 Å². The summed E-state index contributed by atoms with van der Waals surface area (Å²) in [6, 6.07) is 0. The fourth-order valence-electron chi connectivity index (χ4n) is 1.83. The number of fused-ring (bicyclic) bond motifs is 2. The maximum absolute atomic E-state index is 3.65. The number of hydrogen-bond acceptors (Lipinski definition) is 0. The smallest absolute Gasteiger partial charge is 0.00238 e. The van der Waals surface area contributed by atoms with Crippen LogP contribution in [-0.2, 0) is 0 Å². The van der Waals surface area contributed by atoms with Crippen molar-refractivity contribution >= 4 is 0 Å². The van der Waals surface area contributed by atoms with Gasteiger partial charge in [-0.1, -0.05) is 43.0 Å². The zero-order valence-electron chi connectivity index (χ0n) is 6.53. The van der Waals surface area contributed by atoms with Gasteiger partial charge >= 0.3 is 0 Å². The first kappa shape index (κ1) is 6.66. The molecule has 0 heteroatoms. The molecule has 2 atom stereocenters. The summed E-state index contributed by atoms with van der Waals surface area (Å²) >= 11 is 0. The molecule has 0 nitrogen and oxygen atoms in total. The van der Waals surface area contributed by atoms with Crippen molar-refractivity contribution in [3.05, 3.63) is 48.6 Å². The third kappa shape index (κ3) is 1.09. The average molecular weight is 144 g/mol. The zero-order chi connectivity index (χ0) is 7.68. The fraction of sp³-hybridized carbons (Fsp3) is 0.273. The van der Waals surface area contributed by atoms with Crippen molar-refractivity contribution < 1.29 is 0 Å². The molecule has 2 aliphatic rings. The predicted molar refractivity (Wildman–Crippen MR) is 48.2 cm³/mol. The van der Waals surface area contributed by atoms with Gasteiger partial charge in [0.25, 0.3) is 0 Å². The zero-order valence-corrected chi connectivity index (χ0v) is 6.53. The van der Waals surface area contributed by atoms with Gasteiger partial charge < -0.3 is 0 Å². The summed E-state index contributed by atoms with van der Waals surface area (Å²) in [5.74, 6) is 1.43. The average Bonchev–Trinajstić information content (AvgIpc) is 2.60. The van der Waals surface area contributed by atoms with Gasteiger partial charge in [-0.15, -0.1) is 0 Å². The van der Waals surface area contributed by atoms with Crippen molar-refractivity contribution in [1.29, 1.82) is 0 Å². The van der Waals surface area contributed by atoms with E-state index in [1.165, 1.54) is 12.0 Å². The fourth-order valence-corrected chi connectivity index (χ4v) is 1.83. The quantitative estimate of drug-likeness (QED) is 0.413. The Morgan fingerprint density at radius 3 is 2.91 bits per heavy atom. The second-order valence-corrected chi connectivity index (χ2v) is 3.15. The number of rotatable bonds is 2. The van der Waals surface area contributed by atoms with Crippen LogP contribution in [0.5, 0.6) is 0 Å². The second-order valence-electron chi connectivity index (χ2n) is 3.15. The van der Waals surface area contributed by atoms with Crippen molar-refractivity contribution in [2.45, 2.75) is 6.42 Å². The number of hydrogen-bond donors (Lipinski definition) is 0. The molecular weight excluding hydrogens is 132 g/mol. The minimum absolute atomic E-state index is 0.705. The molecule has 2 unspecified atom stereocenters. The lowest BCUT2D eigenvalue weighted by molar-refractivity contribution is 0.721. The highest BCUT2D eigenvalue weighted by Crippen LogP contribution is 2.38. The first-order valence-electron chi connectivity index (χ1n) is 4.09. The van der Waals surface area contributed by atoms with Crippen LogP contribution in [0.1, 0.15) is 6.42 Å². The molecule has 0 spiro atoms. The SMILES string of the molecule is C=CC=CC1=CC2C=CC1C2. The van der Waals surface area contributed by atoms with Crippen LogP contribution in [0.2, 0.25) is 0 Å². The molecular formula is C11H12. The van der Waals surface area contributed by atoms with Crippen LogP contribution in [0.4, 0.5) is 0 Å². The molecule has 2 rings (SSSR count). The lowest BCUT2D eigenvalue weighted by Gasteiger charge is -2.02. The maximum Gasteiger partial charge on any atom is 0.00238 e. The molecule has 2 bridgehead atoms. The van der Waals surface area contributed by atoms with E-state index in [9.17, 15) is 0 Å². The first-order valence-corrected chi connectivity index (χ1v) is 4.09. The van der Waals surface area contributed by atoms with Gasteiger partial charge in [0.1, 0.15) is 0 Å². The van der Waals surface area contributed by atoms with Crippen molar-refractivity contribution in [1.82, 2.24) is 0 Å². The van der Waals surface area contributed by atoms with Crippen LogP contribution in [0.25, 0.3) is 0 Å². The monoisotopic (exact) mass is 144 g/mol. The summed E-state index contributed by atoms with van der Waals surface area (Å²) in [6.07, 6.45) is 14.3. The number of allylic oxidation sites excluding steroid dienone is 7. The van der Waals surface area contributed by atoms with Gasteiger partial charge in [0.2, 0.25) is 0 Å². The topological polar surface area (TPSA) is 0 Å². The van der Waals surface area contributed by atoms with Gasteiger partial charge in [-0.3, -0.25) is 0 Å². The first-order chi connectivity index (χ1) is 5.40. The minimum Gasteiger partial charge on any atom is -0.0991 e. The Morgan fingerprint density at radius 1 is 1.45 bits per heavy atom. The molecule has 0 aromatic heterocycles. The molecule has 0 amide bonds. The molecule has 0 saturated heterocycles. The summed E-state index contributed by atoms with van der Waals surface area (Å²) in [5, 5.41) is 0. The minimum atomic E-state index is 0.705. The standard InChI is InChI=1S/C11H12/c1-2-3-4-10-7-9-5-6-11(10)8-9/h2-7,9,11H,1,8H2. The van der Waals surface area contributed by atoms with Crippen LogP contribution in [0, 0.1) is 11.8 Å². The molecule has 0 aliphatic heterocycles. The molecule has 0 radical (unpaired) electrons. The Balaban J connectivity index is 2.13. The highest BCUT2D eigenvalue weighted by Gasteiger charge is 2.25. The van der Waals surface area contributed by atoms with Crippen molar-refractivity contribution in [2.75, 3.05) is 0 Å². The lowest BCUT2D eigenvalue weighted by atomic mass is 10.0. The summed E-state index contributed by atoms with van der Waals surface area (Å²) in [6.45, 7) is 3.65. The van der Waals surface area contributed by atoms with Crippen LogP contribution in [0.3, 0.4) is 0 Å². The lowest BCUT2D eigenvalue weighted by Crippen LogP contribution is -1.88. The van der Waals surface area contributed by atoms with Crippen molar-refractivity contribution in [3.63, 3.8) is 0 Å². The van der Waals surface area contributed by atoms with E-state index in [1.807, 2.05) is 12.2 Å². The Hall–Kier alpha value is -1.04. The van der Waals surface area contributed by atoms with Gasteiger partial charge in [-0.2, -0.15) is 0 Å². The van der Waals surface area contributed by atoms with E-state index < -0.39 is 0 Å². The van der Waals surface area contributed by atoms with Crippen LogP contribution < -0.4 is 0 Å². The van der Waals surface area contributed by atoms with E-state index >= 15 is 0 Å². The van der Waals surface area contributed by atoms with E-state index in [0.29, 0.717) is 5.92 Å². The molecule has 11 heavy (non-hydrogen) atoms. The predicted octanol–water partition coefficient (Wildman–Crippen LogP) is 2.86. The molecule has 0 saturated carbocycles. The summed E-state index contributed by atoms with van der Waals surface area (Å²) < 4.78 is 0.